The molecule has 0 aromatic carbocycles. The van der Waals surface area contributed by atoms with Gasteiger partial charge in [0.05, 0.1) is 0 Å². The standard InChI is InChI=1S/C12H20/c1-3-5-7-9-11-12-10-8-6-4-2/h1,4H,2,5-12H2. The van der Waals surface area contributed by atoms with Crippen LogP contribution in [0.1, 0.15) is 51.4 Å². The van der Waals surface area contributed by atoms with Crippen LogP contribution in [0.25, 0.3) is 0 Å². The van der Waals surface area contributed by atoms with Crippen LogP contribution in [-0.4, -0.2) is 0 Å². The minimum Gasteiger partial charge on any atom is -0.120 e. The van der Waals surface area contributed by atoms with Crippen LogP contribution in [0.3, 0.4) is 0 Å². The summed E-state index contributed by atoms with van der Waals surface area (Å²) >= 11 is 0. The smallest absolute Gasteiger partial charge is 0.00860 e. The molecule has 0 aromatic heterocycles. The summed E-state index contributed by atoms with van der Waals surface area (Å²) in [6, 6.07) is 0. The third-order valence-corrected chi connectivity index (χ3v) is 1.98. The van der Waals surface area contributed by atoms with Gasteiger partial charge in [0.2, 0.25) is 0 Å². The summed E-state index contributed by atoms with van der Waals surface area (Å²) in [4.78, 5) is 0. The molecule has 0 aromatic rings. The van der Waals surface area contributed by atoms with E-state index in [1.54, 1.807) is 0 Å². The first kappa shape index (κ1) is 11.3. The van der Waals surface area contributed by atoms with Gasteiger partial charge in [-0.15, -0.1) is 18.9 Å². The maximum atomic E-state index is 5.15. The molecule has 0 aliphatic heterocycles. The molecule has 0 heteroatoms. The Labute approximate surface area is 77.1 Å². The Morgan fingerprint density at radius 1 is 1.00 bits per heavy atom. The zero-order valence-electron chi connectivity index (χ0n) is 8.02. The molecular formula is C12H20. The lowest BCUT2D eigenvalue weighted by molar-refractivity contribution is 0.602. The second-order valence-corrected chi connectivity index (χ2v) is 3.15. The summed E-state index contributed by atoms with van der Waals surface area (Å²) in [6.07, 6.45) is 17.1. The highest BCUT2D eigenvalue weighted by Crippen LogP contribution is 2.07. The van der Waals surface area contributed by atoms with Crippen LogP contribution in [0.15, 0.2) is 12.7 Å². The molecule has 0 N–H and O–H groups in total. The molecule has 0 saturated carbocycles. The highest BCUT2D eigenvalue weighted by atomic mass is 13.9. The number of allylic oxidation sites excluding steroid dienone is 1. The van der Waals surface area contributed by atoms with Crippen LogP contribution in [0.2, 0.25) is 0 Å². The number of hydrogen-bond donors (Lipinski definition) is 0. The van der Waals surface area contributed by atoms with E-state index in [1.807, 2.05) is 6.08 Å². The molecule has 0 aliphatic carbocycles. The number of rotatable bonds is 8. The van der Waals surface area contributed by atoms with Crippen molar-refractivity contribution in [2.24, 2.45) is 0 Å². The Hall–Kier alpha value is -0.700. The maximum Gasteiger partial charge on any atom is 0.00860 e. The minimum atomic E-state index is 0.951. The van der Waals surface area contributed by atoms with Crippen LogP contribution in [0.4, 0.5) is 0 Å². The van der Waals surface area contributed by atoms with Crippen LogP contribution < -0.4 is 0 Å². The Morgan fingerprint density at radius 2 is 1.58 bits per heavy atom. The highest BCUT2D eigenvalue weighted by molar-refractivity contribution is 4.82. The topological polar surface area (TPSA) is 0 Å². The summed E-state index contributed by atoms with van der Waals surface area (Å²) in [5.41, 5.74) is 0. The quantitative estimate of drug-likeness (QED) is 0.290. The molecule has 0 heterocycles. The van der Waals surface area contributed by atoms with E-state index in [-0.39, 0.29) is 0 Å². The second-order valence-electron chi connectivity index (χ2n) is 3.15. The molecule has 0 spiro atoms. The van der Waals surface area contributed by atoms with Gasteiger partial charge in [0.1, 0.15) is 0 Å². The average molecular weight is 164 g/mol. The molecule has 0 radical (unpaired) electrons. The third-order valence-electron chi connectivity index (χ3n) is 1.98. The fourth-order valence-corrected chi connectivity index (χ4v) is 1.22. The monoisotopic (exact) mass is 164 g/mol. The molecule has 0 unspecified atom stereocenters. The van der Waals surface area contributed by atoms with Gasteiger partial charge >= 0.3 is 0 Å². The number of terminal acetylenes is 1. The summed E-state index contributed by atoms with van der Waals surface area (Å²) in [5, 5.41) is 0. The van der Waals surface area contributed by atoms with E-state index in [2.05, 4.69) is 12.5 Å². The van der Waals surface area contributed by atoms with Gasteiger partial charge in [-0.25, -0.2) is 0 Å². The van der Waals surface area contributed by atoms with Crippen LogP contribution in [0, 0.1) is 12.3 Å². The van der Waals surface area contributed by atoms with Crippen molar-refractivity contribution in [3.8, 4) is 12.3 Å². The largest absolute Gasteiger partial charge is 0.120 e. The molecule has 0 aliphatic rings. The number of hydrogen-bond acceptors (Lipinski definition) is 0. The van der Waals surface area contributed by atoms with E-state index in [4.69, 9.17) is 6.42 Å². The zero-order chi connectivity index (χ0) is 9.07. The summed E-state index contributed by atoms with van der Waals surface area (Å²) in [7, 11) is 0. The first-order valence-corrected chi connectivity index (χ1v) is 4.96. The first-order valence-electron chi connectivity index (χ1n) is 4.96. The van der Waals surface area contributed by atoms with E-state index in [9.17, 15) is 0 Å². The predicted molar refractivity (Wildman–Crippen MR) is 56.0 cm³/mol. The lowest BCUT2D eigenvalue weighted by Crippen LogP contribution is -1.78. The lowest BCUT2D eigenvalue weighted by Gasteiger charge is -1.97. The molecule has 68 valence electrons. The van der Waals surface area contributed by atoms with Crippen molar-refractivity contribution in [3.05, 3.63) is 12.7 Å². The van der Waals surface area contributed by atoms with Gasteiger partial charge < -0.3 is 0 Å². The van der Waals surface area contributed by atoms with Crippen molar-refractivity contribution in [2.45, 2.75) is 51.4 Å². The molecular weight excluding hydrogens is 144 g/mol. The minimum absolute atomic E-state index is 0.951. The number of unbranched alkanes of at least 4 members (excludes halogenated alkanes) is 7. The van der Waals surface area contributed by atoms with Gasteiger partial charge in [-0.2, -0.15) is 0 Å². The SMILES string of the molecule is C#CCCCCCCCCC=C. The lowest BCUT2D eigenvalue weighted by atomic mass is 10.1. The fourth-order valence-electron chi connectivity index (χ4n) is 1.22. The molecule has 0 fully saturated rings. The van der Waals surface area contributed by atoms with Crippen molar-refractivity contribution in [1.82, 2.24) is 0 Å². The highest BCUT2D eigenvalue weighted by Gasteiger charge is 1.88. The van der Waals surface area contributed by atoms with Crippen molar-refractivity contribution in [1.29, 1.82) is 0 Å². The van der Waals surface area contributed by atoms with Crippen molar-refractivity contribution >= 4 is 0 Å². The molecule has 0 amide bonds. The predicted octanol–water partition coefficient (Wildman–Crippen LogP) is 3.93. The van der Waals surface area contributed by atoms with E-state index < -0.39 is 0 Å². The van der Waals surface area contributed by atoms with Crippen LogP contribution >= 0.6 is 0 Å². The Balaban J connectivity index is 2.82. The van der Waals surface area contributed by atoms with E-state index in [0.717, 1.165) is 6.42 Å². The van der Waals surface area contributed by atoms with E-state index >= 15 is 0 Å². The Bertz CT molecular complexity index is 127. The molecule has 0 saturated heterocycles. The summed E-state index contributed by atoms with van der Waals surface area (Å²) < 4.78 is 0. The van der Waals surface area contributed by atoms with Gasteiger partial charge in [0.25, 0.3) is 0 Å². The fraction of sp³-hybridized carbons (Fsp3) is 0.667. The van der Waals surface area contributed by atoms with Crippen molar-refractivity contribution < 1.29 is 0 Å². The average Bonchev–Trinajstić information content (AvgIpc) is 2.10. The van der Waals surface area contributed by atoms with Gasteiger partial charge in [0, 0.05) is 6.42 Å². The molecule has 0 bridgehead atoms. The normalized spacial score (nSPS) is 9.25. The molecule has 0 atom stereocenters. The molecule has 0 nitrogen and oxygen atoms in total. The van der Waals surface area contributed by atoms with Crippen LogP contribution in [-0.2, 0) is 0 Å². The van der Waals surface area contributed by atoms with Crippen LogP contribution in [0.5, 0.6) is 0 Å². The Kier molecular flexibility index (Phi) is 9.70. The third kappa shape index (κ3) is 9.30. The van der Waals surface area contributed by atoms with Crippen molar-refractivity contribution in [3.63, 3.8) is 0 Å². The van der Waals surface area contributed by atoms with E-state index in [0.29, 0.717) is 0 Å². The zero-order valence-corrected chi connectivity index (χ0v) is 8.02. The van der Waals surface area contributed by atoms with Gasteiger partial charge in [0.15, 0.2) is 0 Å². The van der Waals surface area contributed by atoms with Crippen molar-refractivity contribution in [2.75, 3.05) is 0 Å². The summed E-state index contributed by atoms with van der Waals surface area (Å²) in [6.45, 7) is 3.70. The summed E-state index contributed by atoms with van der Waals surface area (Å²) in [5.74, 6) is 2.67. The van der Waals surface area contributed by atoms with Gasteiger partial charge in [-0.05, 0) is 19.3 Å². The van der Waals surface area contributed by atoms with Gasteiger partial charge in [-0.1, -0.05) is 31.8 Å². The Morgan fingerprint density at radius 3 is 2.17 bits per heavy atom. The van der Waals surface area contributed by atoms with Gasteiger partial charge in [-0.3, -0.25) is 0 Å². The second kappa shape index (κ2) is 10.3. The molecule has 12 heavy (non-hydrogen) atoms. The molecule has 0 rings (SSSR count). The first-order chi connectivity index (χ1) is 5.91. The van der Waals surface area contributed by atoms with E-state index in [1.165, 1.54) is 44.9 Å². The maximum absolute atomic E-state index is 5.15.